The number of hydrogen-bond donors (Lipinski definition) is 2. The molecule has 0 atom stereocenters. The highest BCUT2D eigenvalue weighted by molar-refractivity contribution is 7.09. The molecule has 0 aliphatic heterocycles. The Kier molecular flexibility index (Phi) is 4.04. The molecule has 14 heavy (non-hydrogen) atoms. The highest BCUT2D eigenvalue weighted by Gasteiger charge is 2.13. The van der Waals surface area contributed by atoms with Crippen molar-refractivity contribution in [1.82, 2.24) is 15.6 Å². The summed E-state index contributed by atoms with van der Waals surface area (Å²) >= 11 is 1.70. The van der Waals surface area contributed by atoms with Crippen LogP contribution in [0, 0.1) is 6.92 Å². The maximum absolute atomic E-state index is 4.39. The summed E-state index contributed by atoms with van der Waals surface area (Å²) in [6, 6.07) is 0. The number of aromatic nitrogens is 1. The van der Waals surface area contributed by atoms with Gasteiger partial charge in [0.05, 0.1) is 10.7 Å². The highest BCUT2D eigenvalue weighted by atomic mass is 32.1. The van der Waals surface area contributed by atoms with Gasteiger partial charge in [-0.1, -0.05) is 0 Å². The van der Waals surface area contributed by atoms with Crippen molar-refractivity contribution in [1.29, 1.82) is 0 Å². The first-order valence-electron chi connectivity index (χ1n) is 4.84. The fourth-order valence-electron chi connectivity index (χ4n) is 1.08. The average Bonchev–Trinajstić information content (AvgIpc) is 2.51. The molecule has 0 aliphatic carbocycles. The van der Waals surface area contributed by atoms with Crippen molar-refractivity contribution < 1.29 is 0 Å². The number of nitrogens with one attached hydrogen (secondary N) is 2. The third kappa shape index (κ3) is 3.74. The summed E-state index contributed by atoms with van der Waals surface area (Å²) in [4.78, 5) is 4.39. The van der Waals surface area contributed by atoms with Gasteiger partial charge in [-0.3, -0.25) is 0 Å². The van der Waals surface area contributed by atoms with Crippen LogP contribution in [-0.4, -0.2) is 24.1 Å². The van der Waals surface area contributed by atoms with Gasteiger partial charge in [0, 0.05) is 24.0 Å². The van der Waals surface area contributed by atoms with Crippen LogP contribution >= 0.6 is 11.3 Å². The van der Waals surface area contributed by atoms with Gasteiger partial charge in [-0.05, 0) is 27.8 Å². The molecule has 0 saturated carbocycles. The van der Waals surface area contributed by atoms with E-state index in [4.69, 9.17) is 0 Å². The molecule has 0 radical (unpaired) electrons. The molecule has 3 nitrogen and oxygen atoms in total. The number of nitrogens with zero attached hydrogens (tertiary/aromatic N) is 1. The molecule has 0 bridgehead atoms. The summed E-state index contributed by atoms with van der Waals surface area (Å²) in [7, 11) is 1.98. The molecule has 80 valence electrons. The Labute approximate surface area is 89.9 Å². The molecule has 0 aliphatic rings. The maximum Gasteiger partial charge on any atom is 0.0897 e. The van der Waals surface area contributed by atoms with Crippen LogP contribution in [0.3, 0.4) is 0 Å². The lowest BCUT2D eigenvalue weighted by Crippen LogP contribution is -2.45. The smallest absolute Gasteiger partial charge is 0.0897 e. The second kappa shape index (κ2) is 4.87. The van der Waals surface area contributed by atoms with Crippen LogP contribution in [0.15, 0.2) is 5.38 Å². The van der Waals surface area contributed by atoms with E-state index in [1.807, 2.05) is 14.0 Å². The second-order valence-electron chi connectivity index (χ2n) is 4.10. The van der Waals surface area contributed by atoms with Crippen LogP contribution in [0.1, 0.15) is 24.5 Å². The first kappa shape index (κ1) is 11.6. The molecule has 1 aromatic heterocycles. The SMILES string of the molecule is CNC(C)(C)CNCc1csc(C)n1. The Bertz CT molecular complexity index is 281. The average molecular weight is 213 g/mol. The van der Waals surface area contributed by atoms with E-state index in [9.17, 15) is 0 Å². The Balaban J connectivity index is 2.28. The molecule has 1 aromatic rings. The summed E-state index contributed by atoms with van der Waals surface area (Å²) in [5.41, 5.74) is 1.28. The summed E-state index contributed by atoms with van der Waals surface area (Å²) in [5, 5.41) is 9.88. The quantitative estimate of drug-likeness (QED) is 0.779. The maximum atomic E-state index is 4.39. The van der Waals surface area contributed by atoms with Crippen LogP contribution < -0.4 is 10.6 Å². The fraction of sp³-hybridized carbons (Fsp3) is 0.700. The first-order chi connectivity index (χ1) is 6.53. The number of thiazole rings is 1. The van der Waals surface area contributed by atoms with Crippen LogP contribution in [0.4, 0.5) is 0 Å². The van der Waals surface area contributed by atoms with Gasteiger partial charge >= 0.3 is 0 Å². The van der Waals surface area contributed by atoms with Crippen LogP contribution in [0.5, 0.6) is 0 Å². The van der Waals surface area contributed by atoms with Gasteiger partial charge in [-0.25, -0.2) is 4.98 Å². The molecule has 1 rings (SSSR count). The van der Waals surface area contributed by atoms with Crippen molar-refractivity contribution in [2.45, 2.75) is 32.9 Å². The van der Waals surface area contributed by atoms with Crippen LogP contribution in [0.25, 0.3) is 0 Å². The Morgan fingerprint density at radius 1 is 1.50 bits per heavy atom. The van der Waals surface area contributed by atoms with Gasteiger partial charge in [0.25, 0.3) is 0 Å². The molecule has 0 aromatic carbocycles. The summed E-state index contributed by atoms with van der Waals surface area (Å²) < 4.78 is 0. The lowest BCUT2D eigenvalue weighted by molar-refractivity contribution is 0.392. The largest absolute Gasteiger partial charge is 0.314 e. The van der Waals surface area contributed by atoms with Crippen molar-refractivity contribution in [2.24, 2.45) is 0 Å². The van der Waals surface area contributed by atoms with Crippen molar-refractivity contribution in [2.75, 3.05) is 13.6 Å². The van der Waals surface area contributed by atoms with Crippen molar-refractivity contribution >= 4 is 11.3 Å². The molecular formula is C10H19N3S. The molecule has 0 spiro atoms. The minimum absolute atomic E-state index is 0.144. The van der Waals surface area contributed by atoms with Gasteiger partial charge in [-0.2, -0.15) is 0 Å². The minimum atomic E-state index is 0.144. The van der Waals surface area contributed by atoms with Crippen LogP contribution in [-0.2, 0) is 6.54 Å². The Hall–Kier alpha value is -0.450. The number of likely N-dealkylation sites (N-methyl/N-ethyl adjacent to an activating group) is 1. The standard InChI is InChI=1S/C10H19N3S/c1-8-13-9(6-14-8)5-12-7-10(2,3)11-4/h6,11-12H,5,7H2,1-4H3. The minimum Gasteiger partial charge on any atom is -0.314 e. The van der Waals surface area contributed by atoms with E-state index in [2.05, 4.69) is 34.8 Å². The van der Waals surface area contributed by atoms with Crippen LogP contribution in [0.2, 0.25) is 0 Å². The topological polar surface area (TPSA) is 37.0 Å². The van der Waals surface area contributed by atoms with E-state index in [1.165, 1.54) is 0 Å². The second-order valence-corrected chi connectivity index (χ2v) is 5.16. The van der Waals surface area contributed by atoms with Crippen molar-refractivity contribution in [3.63, 3.8) is 0 Å². The van der Waals surface area contributed by atoms with E-state index in [0.717, 1.165) is 23.8 Å². The Morgan fingerprint density at radius 3 is 2.71 bits per heavy atom. The van der Waals surface area contributed by atoms with Crippen molar-refractivity contribution in [3.8, 4) is 0 Å². The highest BCUT2D eigenvalue weighted by Crippen LogP contribution is 2.07. The van der Waals surface area contributed by atoms with E-state index in [-0.39, 0.29) is 5.54 Å². The molecule has 0 fully saturated rings. The molecule has 4 heteroatoms. The number of hydrogen-bond acceptors (Lipinski definition) is 4. The number of aryl methyl sites for hydroxylation is 1. The van der Waals surface area contributed by atoms with E-state index < -0.39 is 0 Å². The normalized spacial score (nSPS) is 12.0. The molecule has 0 amide bonds. The van der Waals surface area contributed by atoms with E-state index in [1.54, 1.807) is 11.3 Å². The van der Waals surface area contributed by atoms with Gasteiger partial charge in [-0.15, -0.1) is 11.3 Å². The van der Waals surface area contributed by atoms with Gasteiger partial charge in [0.15, 0.2) is 0 Å². The monoisotopic (exact) mass is 213 g/mol. The van der Waals surface area contributed by atoms with Gasteiger partial charge in [0.2, 0.25) is 0 Å². The first-order valence-corrected chi connectivity index (χ1v) is 5.72. The summed E-state index contributed by atoms with van der Waals surface area (Å²) in [5.74, 6) is 0. The zero-order valence-corrected chi connectivity index (χ0v) is 10.2. The van der Waals surface area contributed by atoms with Gasteiger partial charge in [0.1, 0.15) is 0 Å². The van der Waals surface area contributed by atoms with Gasteiger partial charge < -0.3 is 10.6 Å². The molecule has 2 N–H and O–H groups in total. The zero-order chi connectivity index (χ0) is 10.6. The summed E-state index contributed by atoms with van der Waals surface area (Å²) in [6.07, 6.45) is 0. The number of rotatable bonds is 5. The molecule has 0 unspecified atom stereocenters. The lowest BCUT2D eigenvalue weighted by atomic mass is 10.1. The molecule has 0 saturated heterocycles. The zero-order valence-electron chi connectivity index (χ0n) is 9.35. The molecule has 1 heterocycles. The predicted molar refractivity (Wildman–Crippen MR) is 61.7 cm³/mol. The predicted octanol–water partition coefficient (Wildman–Crippen LogP) is 1.54. The molecular weight excluding hydrogens is 194 g/mol. The third-order valence-corrected chi connectivity index (χ3v) is 3.04. The van der Waals surface area contributed by atoms with Crippen molar-refractivity contribution in [3.05, 3.63) is 16.1 Å². The third-order valence-electron chi connectivity index (χ3n) is 2.22. The Morgan fingerprint density at radius 2 is 2.21 bits per heavy atom. The van der Waals surface area contributed by atoms with E-state index >= 15 is 0 Å². The summed E-state index contributed by atoms with van der Waals surface area (Å²) in [6.45, 7) is 8.18. The fourth-order valence-corrected chi connectivity index (χ4v) is 1.69. The van der Waals surface area contributed by atoms with E-state index in [0.29, 0.717) is 0 Å². The lowest BCUT2D eigenvalue weighted by Gasteiger charge is -2.24.